The Kier molecular flexibility index (Phi) is 6.77. The van der Waals surface area contributed by atoms with Crippen LogP contribution in [0.5, 0.6) is 28.7 Å². The van der Waals surface area contributed by atoms with E-state index in [1.807, 2.05) is 13.8 Å². The van der Waals surface area contributed by atoms with E-state index in [1.54, 1.807) is 24.3 Å². The maximum atomic E-state index is 13.5. The van der Waals surface area contributed by atoms with Gasteiger partial charge in [0.25, 0.3) is 0 Å². The predicted molar refractivity (Wildman–Crippen MR) is 123 cm³/mol. The molecule has 9 heteroatoms. The molecule has 1 heterocycles. The summed E-state index contributed by atoms with van der Waals surface area (Å²) < 4.78 is 27.7. The van der Waals surface area contributed by atoms with E-state index in [4.69, 9.17) is 23.7 Å². The SMILES string of the molecule is COc1cc([C@@H]2c3cc4c(cc3[C@H](O)[C@@H](CO)[C@@H]2C(=O)NC(C)C)OCO4)cc(OC)c1OC. The highest BCUT2D eigenvalue weighted by Gasteiger charge is 2.47. The quantitative estimate of drug-likeness (QED) is 0.561. The number of amides is 1. The number of fused-ring (bicyclic) bond motifs is 2. The van der Waals surface area contributed by atoms with Crippen LogP contribution in [-0.4, -0.2) is 56.9 Å². The van der Waals surface area contributed by atoms with Crippen LogP contribution in [0.15, 0.2) is 24.3 Å². The van der Waals surface area contributed by atoms with E-state index in [2.05, 4.69) is 5.32 Å². The van der Waals surface area contributed by atoms with Crippen molar-refractivity contribution in [1.29, 1.82) is 0 Å². The van der Waals surface area contributed by atoms with Crippen LogP contribution in [0.1, 0.15) is 42.6 Å². The first-order valence-electron chi connectivity index (χ1n) is 11.2. The first kappa shape index (κ1) is 24.0. The number of aliphatic hydroxyl groups excluding tert-OH is 2. The molecule has 2 aliphatic rings. The van der Waals surface area contributed by atoms with E-state index in [0.717, 1.165) is 0 Å². The lowest BCUT2D eigenvalue weighted by Crippen LogP contribution is -2.47. The highest BCUT2D eigenvalue weighted by atomic mass is 16.7. The largest absolute Gasteiger partial charge is 0.493 e. The Balaban J connectivity index is 1.98. The maximum Gasteiger partial charge on any atom is 0.231 e. The topological polar surface area (TPSA) is 116 Å². The molecule has 0 saturated carbocycles. The highest BCUT2D eigenvalue weighted by Crippen LogP contribution is 2.53. The fourth-order valence-electron chi connectivity index (χ4n) is 4.97. The lowest BCUT2D eigenvalue weighted by molar-refractivity contribution is -0.131. The molecule has 1 amide bonds. The van der Waals surface area contributed by atoms with Gasteiger partial charge in [-0.2, -0.15) is 0 Å². The number of nitrogens with one attached hydrogen (secondary N) is 1. The predicted octanol–water partition coefficient (Wildman–Crippen LogP) is 2.37. The third-order valence-electron chi connectivity index (χ3n) is 6.45. The highest BCUT2D eigenvalue weighted by molar-refractivity contribution is 5.82. The zero-order valence-corrected chi connectivity index (χ0v) is 20.0. The van der Waals surface area contributed by atoms with Crippen molar-refractivity contribution in [3.8, 4) is 28.7 Å². The molecular weight excluding hydrogens is 442 g/mol. The summed E-state index contributed by atoms with van der Waals surface area (Å²) in [5, 5.41) is 24.5. The normalized spacial score (nSPS) is 22.8. The van der Waals surface area contributed by atoms with Crippen molar-refractivity contribution >= 4 is 5.91 Å². The average molecular weight is 474 g/mol. The van der Waals surface area contributed by atoms with E-state index in [-0.39, 0.29) is 25.3 Å². The van der Waals surface area contributed by atoms with E-state index in [1.165, 1.54) is 21.3 Å². The number of aliphatic hydroxyl groups is 2. The summed E-state index contributed by atoms with van der Waals surface area (Å²) in [6.07, 6.45) is -1.07. The Morgan fingerprint density at radius 2 is 1.62 bits per heavy atom. The summed E-state index contributed by atoms with van der Waals surface area (Å²) in [5.41, 5.74) is 2.00. The molecule has 4 rings (SSSR count). The summed E-state index contributed by atoms with van der Waals surface area (Å²) >= 11 is 0. The summed E-state index contributed by atoms with van der Waals surface area (Å²) in [7, 11) is 4.57. The maximum absolute atomic E-state index is 13.5. The van der Waals surface area contributed by atoms with Gasteiger partial charge in [-0.25, -0.2) is 0 Å². The van der Waals surface area contributed by atoms with Crippen LogP contribution in [-0.2, 0) is 4.79 Å². The third kappa shape index (κ3) is 3.99. The van der Waals surface area contributed by atoms with Gasteiger partial charge in [-0.1, -0.05) is 0 Å². The van der Waals surface area contributed by atoms with E-state index >= 15 is 0 Å². The van der Waals surface area contributed by atoms with Gasteiger partial charge in [0, 0.05) is 24.5 Å². The van der Waals surface area contributed by atoms with Crippen LogP contribution in [0.25, 0.3) is 0 Å². The van der Waals surface area contributed by atoms with Gasteiger partial charge in [0.1, 0.15) is 0 Å². The van der Waals surface area contributed by atoms with Crippen LogP contribution in [0.4, 0.5) is 0 Å². The summed E-state index contributed by atoms with van der Waals surface area (Å²) in [5.74, 6) is 0.0126. The molecule has 0 spiro atoms. The van der Waals surface area contributed by atoms with Gasteiger partial charge in [-0.3, -0.25) is 4.79 Å². The third-order valence-corrected chi connectivity index (χ3v) is 6.45. The smallest absolute Gasteiger partial charge is 0.231 e. The summed E-state index contributed by atoms with van der Waals surface area (Å²) in [6.45, 7) is 3.42. The Hall–Kier alpha value is -3.17. The van der Waals surface area contributed by atoms with Gasteiger partial charge in [0.2, 0.25) is 18.4 Å². The van der Waals surface area contributed by atoms with Crippen molar-refractivity contribution in [3.05, 3.63) is 41.0 Å². The monoisotopic (exact) mass is 473 g/mol. The fourth-order valence-corrected chi connectivity index (χ4v) is 4.97. The zero-order chi connectivity index (χ0) is 24.6. The molecule has 9 nitrogen and oxygen atoms in total. The molecule has 0 fully saturated rings. The number of carbonyl (C=O) groups is 1. The van der Waals surface area contributed by atoms with Crippen molar-refractivity contribution in [2.45, 2.75) is 31.9 Å². The molecule has 2 aromatic carbocycles. The molecule has 0 saturated heterocycles. The standard InChI is InChI=1S/C25H31NO8/c1-12(2)26-25(29)22-16(10-27)23(28)15-9-18-17(33-11-34-18)8-14(15)21(22)13-6-19(30-3)24(32-5)20(7-13)31-4/h6-9,12,16,21-23,27-28H,10-11H2,1-5H3,(H,26,29)/t16-,21+,22-,23-/m0/s1. The molecular formula is C25H31NO8. The van der Waals surface area contributed by atoms with Crippen molar-refractivity contribution in [1.82, 2.24) is 5.32 Å². The molecule has 0 bridgehead atoms. The second-order valence-electron chi connectivity index (χ2n) is 8.75. The number of hydrogen-bond donors (Lipinski definition) is 3. The molecule has 2 aromatic rings. The first-order chi connectivity index (χ1) is 16.3. The Morgan fingerprint density at radius 1 is 1.03 bits per heavy atom. The number of ether oxygens (including phenoxy) is 5. The Labute approximate surface area is 198 Å². The van der Waals surface area contributed by atoms with Gasteiger partial charge in [-0.05, 0) is 54.8 Å². The van der Waals surface area contributed by atoms with Gasteiger partial charge >= 0.3 is 0 Å². The number of methoxy groups -OCH3 is 3. The van der Waals surface area contributed by atoms with Gasteiger partial charge < -0.3 is 39.2 Å². The van der Waals surface area contributed by atoms with Crippen LogP contribution in [0.2, 0.25) is 0 Å². The second-order valence-corrected chi connectivity index (χ2v) is 8.75. The molecule has 1 aliphatic carbocycles. The van der Waals surface area contributed by atoms with Crippen molar-refractivity contribution in [2.75, 3.05) is 34.7 Å². The number of hydrogen-bond acceptors (Lipinski definition) is 8. The number of benzene rings is 2. The number of carbonyl (C=O) groups excluding carboxylic acids is 1. The van der Waals surface area contributed by atoms with Crippen LogP contribution < -0.4 is 29.0 Å². The lowest BCUT2D eigenvalue weighted by Gasteiger charge is -2.41. The summed E-state index contributed by atoms with van der Waals surface area (Å²) in [6, 6.07) is 7.00. The van der Waals surface area contributed by atoms with Gasteiger partial charge in [0.15, 0.2) is 23.0 Å². The fraction of sp³-hybridized carbons (Fsp3) is 0.480. The summed E-state index contributed by atoms with van der Waals surface area (Å²) in [4.78, 5) is 13.5. The lowest BCUT2D eigenvalue weighted by atomic mass is 9.64. The molecule has 184 valence electrons. The molecule has 0 radical (unpaired) electrons. The van der Waals surface area contributed by atoms with Crippen molar-refractivity contribution in [3.63, 3.8) is 0 Å². The van der Waals surface area contributed by atoms with Gasteiger partial charge in [0.05, 0.1) is 33.4 Å². The van der Waals surface area contributed by atoms with Crippen LogP contribution in [0.3, 0.4) is 0 Å². The minimum absolute atomic E-state index is 0.0733. The minimum atomic E-state index is -1.07. The van der Waals surface area contributed by atoms with Crippen LogP contribution in [0, 0.1) is 11.8 Å². The van der Waals surface area contributed by atoms with Crippen molar-refractivity contribution in [2.24, 2.45) is 11.8 Å². The van der Waals surface area contributed by atoms with Crippen molar-refractivity contribution < 1.29 is 38.7 Å². The van der Waals surface area contributed by atoms with E-state index < -0.39 is 23.9 Å². The molecule has 4 atom stereocenters. The minimum Gasteiger partial charge on any atom is -0.493 e. The van der Waals surface area contributed by atoms with E-state index in [9.17, 15) is 15.0 Å². The average Bonchev–Trinajstić information content (AvgIpc) is 3.29. The van der Waals surface area contributed by atoms with Gasteiger partial charge in [-0.15, -0.1) is 0 Å². The first-order valence-corrected chi connectivity index (χ1v) is 11.2. The Bertz CT molecular complexity index is 1040. The molecule has 34 heavy (non-hydrogen) atoms. The molecule has 0 unspecified atom stereocenters. The molecule has 3 N–H and O–H groups in total. The molecule has 0 aromatic heterocycles. The molecule has 1 aliphatic heterocycles. The Morgan fingerprint density at radius 3 is 2.12 bits per heavy atom. The van der Waals surface area contributed by atoms with Crippen LogP contribution >= 0.6 is 0 Å². The van der Waals surface area contributed by atoms with E-state index in [0.29, 0.717) is 45.4 Å². The zero-order valence-electron chi connectivity index (χ0n) is 20.0. The number of rotatable bonds is 7. The second kappa shape index (κ2) is 9.60.